The summed E-state index contributed by atoms with van der Waals surface area (Å²) in [5.74, 6) is 0.365. The Morgan fingerprint density at radius 2 is 2.16 bits per heavy atom. The number of nitrogens with zero attached hydrogens (tertiary/aromatic N) is 2. The molecule has 2 rings (SSSR count). The molecule has 0 aliphatic rings. The molecule has 0 fully saturated rings. The highest BCUT2D eigenvalue weighted by atomic mass is 35.5. The maximum absolute atomic E-state index is 10.9. The van der Waals surface area contributed by atoms with Crippen LogP contribution in [0.25, 0.3) is 0 Å². The Kier molecular flexibility index (Phi) is 3.82. The van der Waals surface area contributed by atoms with Gasteiger partial charge in [-0.3, -0.25) is 10.1 Å². The molecule has 2 aromatic rings. The van der Waals surface area contributed by atoms with Gasteiger partial charge in [-0.05, 0) is 23.8 Å². The van der Waals surface area contributed by atoms with Crippen LogP contribution in [0.4, 0.5) is 17.3 Å². The molecular weight excluding hydrogens is 268 g/mol. The van der Waals surface area contributed by atoms with Crippen LogP contribution in [-0.2, 0) is 6.54 Å². The van der Waals surface area contributed by atoms with E-state index in [4.69, 9.17) is 17.3 Å². The lowest BCUT2D eigenvalue weighted by molar-refractivity contribution is -0.384. The number of nitrogens with two attached hydrogens (primary N) is 1. The van der Waals surface area contributed by atoms with Gasteiger partial charge in [0.25, 0.3) is 0 Å². The Hall–Kier alpha value is -2.34. The fraction of sp³-hybridized carbons (Fsp3) is 0.0833. The average molecular weight is 279 g/mol. The van der Waals surface area contributed by atoms with Crippen LogP contribution in [0.3, 0.4) is 0 Å². The first-order valence-corrected chi connectivity index (χ1v) is 5.83. The van der Waals surface area contributed by atoms with Gasteiger partial charge in [-0.1, -0.05) is 23.7 Å². The summed E-state index contributed by atoms with van der Waals surface area (Å²) in [5.41, 5.74) is 6.31. The molecule has 0 atom stereocenters. The first-order valence-electron chi connectivity index (χ1n) is 5.45. The quantitative estimate of drug-likeness (QED) is 0.662. The number of anilines is 2. The van der Waals surface area contributed by atoms with Crippen molar-refractivity contribution < 1.29 is 4.92 Å². The van der Waals surface area contributed by atoms with Crippen LogP contribution in [0.15, 0.2) is 36.4 Å². The van der Waals surface area contributed by atoms with E-state index in [1.54, 1.807) is 18.2 Å². The minimum absolute atomic E-state index is 0.115. The van der Waals surface area contributed by atoms with Gasteiger partial charge < -0.3 is 11.1 Å². The van der Waals surface area contributed by atoms with Crippen molar-refractivity contribution >= 4 is 28.9 Å². The SMILES string of the molecule is Nc1ccc([N+](=O)[O-])c(NCc2cccc(Cl)c2)n1. The van der Waals surface area contributed by atoms with E-state index in [1.807, 2.05) is 6.07 Å². The van der Waals surface area contributed by atoms with Crippen molar-refractivity contribution in [2.24, 2.45) is 0 Å². The van der Waals surface area contributed by atoms with Crippen LogP contribution in [-0.4, -0.2) is 9.91 Å². The zero-order chi connectivity index (χ0) is 13.8. The number of hydrogen-bond acceptors (Lipinski definition) is 5. The lowest BCUT2D eigenvalue weighted by Crippen LogP contribution is -2.06. The lowest BCUT2D eigenvalue weighted by atomic mass is 10.2. The maximum atomic E-state index is 10.9. The van der Waals surface area contributed by atoms with Crippen LogP contribution in [0.2, 0.25) is 5.02 Å². The molecule has 0 saturated carbocycles. The Morgan fingerprint density at radius 1 is 1.37 bits per heavy atom. The third-order valence-corrected chi connectivity index (χ3v) is 2.68. The molecular formula is C12H11ClN4O2. The smallest absolute Gasteiger partial charge is 0.311 e. The van der Waals surface area contributed by atoms with Gasteiger partial charge in [0.1, 0.15) is 5.82 Å². The molecule has 1 heterocycles. The van der Waals surface area contributed by atoms with Gasteiger partial charge in [0.15, 0.2) is 0 Å². The van der Waals surface area contributed by atoms with E-state index in [-0.39, 0.29) is 17.3 Å². The zero-order valence-electron chi connectivity index (χ0n) is 9.84. The van der Waals surface area contributed by atoms with Crippen LogP contribution in [0.5, 0.6) is 0 Å². The van der Waals surface area contributed by atoms with E-state index in [1.165, 1.54) is 12.1 Å². The first kappa shape index (κ1) is 13.1. The number of pyridine rings is 1. The van der Waals surface area contributed by atoms with Crippen molar-refractivity contribution in [2.75, 3.05) is 11.1 Å². The second kappa shape index (κ2) is 5.53. The summed E-state index contributed by atoms with van der Waals surface area (Å²) in [4.78, 5) is 14.3. The number of rotatable bonds is 4. The van der Waals surface area contributed by atoms with Crippen molar-refractivity contribution in [3.63, 3.8) is 0 Å². The topological polar surface area (TPSA) is 94.1 Å². The standard InChI is InChI=1S/C12H11ClN4O2/c13-9-3-1-2-8(6-9)7-15-12-10(17(18)19)4-5-11(14)16-12/h1-6H,7H2,(H3,14,15,16). The predicted molar refractivity (Wildman–Crippen MR) is 74.1 cm³/mol. The second-order valence-electron chi connectivity index (χ2n) is 3.84. The largest absolute Gasteiger partial charge is 0.384 e. The molecule has 3 N–H and O–H groups in total. The van der Waals surface area contributed by atoms with Gasteiger partial charge in [-0.25, -0.2) is 4.98 Å². The molecule has 1 aromatic carbocycles. The molecule has 7 heteroatoms. The minimum Gasteiger partial charge on any atom is -0.384 e. The third-order valence-electron chi connectivity index (χ3n) is 2.44. The molecule has 19 heavy (non-hydrogen) atoms. The normalized spacial score (nSPS) is 10.2. The fourth-order valence-corrected chi connectivity index (χ4v) is 1.79. The molecule has 0 saturated heterocycles. The number of nitrogen functional groups attached to an aromatic ring is 1. The van der Waals surface area contributed by atoms with Gasteiger partial charge in [-0.2, -0.15) is 0 Å². The van der Waals surface area contributed by atoms with Crippen molar-refractivity contribution in [3.05, 3.63) is 57.1 Å². The molecule has 0 unspecified atom stereocenters. The molecule has 0 aliphatic carbocycles. The summed E-state index contributed by atoms with van der Waals surface area (Å²) in [6.45, 7) is 0.373. The zero-order valence-corrected chi connectivity index (χ0v) is 10.6. The molecule has 0 spiro atoms. The number of hydrogen-bond donors (Lipinski definition) is 2. The molecule has 0 radical (unpaired) electrons. The van der Waals surface area contributed by atoms with Crippen molar-refractivity contribution in [1.82, 2.24) is 4.98 Å². The van der Waals surface area contributed by atoms with E-state index >= 15 is 0 Å². The van der Waals surface area contributed by atoms with E-state index in [0.29, 0.717) is 11.6 Å². The monoisotopic (exact) mass is 278 g/mol. The Morgan fingerprint density at radius 3 is 2.84 bits per heavy atom. The lowest BCUT2D eigenvalue weighted by Gasteiger charge is -2.07. The van der Waals surface area contributed by atoms with Gasteiger partial charge in [-0.15, -0.1) is 0 Å². The summed E-state index contributed by atoms with van der Waals surface area (Å²) in [6, 6.07) is 9.90. The number of nitro groups is 1. The van der Waals surface area contributed by atoms with E-state index in [0.717, 1.165) is 5.56 Å². The fourth-order valence-electron chi connectivity index (χ4n) is 1.58. The summed E-state index contributed by atoms with van der Waals surface area (Å²) < 4.78 is 0. The van der Waals surface area contributed by atoms with E-state index < -0.39 is 4.92 Å². The van der Waals surface area contributed by atoms with Gasteiger partial charge in [0.2, 0.25) is 5.82 Å². The van der Waals surface area contributed by atoms with Gasteiger partial charge in [0, 0.05) is 17.6 Å². The van der Waals surface area contributed by atoms with Crippen LogP contribution in [0.1, 0.15) is 5.56 Å². The maximum Gasteiger partial charge on any atom is 0.311 e. The summed E-state index contributed by atoms with van der Waals surface area (Å²) in [7, 11) is 0. The van der Waals surface area contributed by atoms with Crippen molar-refractivity contribution in [2.45, 2.75) is 6.54 Å². The molecule has 6 nitrogen and oxygen atoms in total. The summed E-state index contributed by atoms with van der Waals surface area (Å²) in [6.07, 6.45) is 0. The van der Waals surface area contributed by atoms with Gasteiger partial charge in [0.05, 0.1) is 4.92 Å². The Bertz CT molecular complexity index is 618. The molecule has 1 aromatic heterocycles. The number of aromatic nitrogens is 1. The number of halogens is 1. The molecule has 0 aliphatic heterocycles. The van der Waals surface area contributed by atoms with Crippen molar-refractivity contribution in [3.8, 4) is 0 Å². The molecule has 0 amide bonds. The van der Waals surface area contributed by atoms with Gasteiger partial charge >= 0.3 is 5.69 Å². The predicted octanol–water partition coefficient (Wildman–Crippen LogP) is 2.84. The highest BCUT2D eigenvalue weighted by Gasteiger charge is 2.14. The van der Waals surface area contributed by atoms with Crippen molar-refractivity contribution in [1.29, 1.82) is 0 Å². The Balaban J connectivity index is 2.19. The third kappa shape index (κ3) is 3.32. The second-order valence-corrected chi connectivity index (χ2v) is 4.28. The highest BCUT2D eigenvalue weighted by molar-refractivity contribution is 6.30. The van der Waals surface area contributed by atoms with Crippen LogP contribution in [0, 0.1) is 10.1 Å². The van der Waals surface area contributed by atoms with E-state index in [2.05, 4.69) is 10.3 Å². The number of nitrogens with one attached hydrogen (secondary N) is 1. The molecule has 0 bridgehead atoms. The summed E-state index contributed by atoms with van der Waals surface area (Å²) >= 11 is 5.86. The number of benzene rings is 1. The first-order chi connectivity index (χ1) is 9.06. The summed E-state index contributed by atoms with van der Waals surface area (Å²) in [5, 5.41) is 14.4. The highest BCUT2D eigenvalue weighted by Crippen LogP contribution is 2.23. The minimum atomic E-state index is -0.507. The van der Waals surface area contributed by atoms with Crippen LogP contribution < -0.4 is 11.1 Å². The van der Waals surface area contributed by atoms with Crippen LogP contribution >= 0.6 is 11.6 Å². The molecule has 98 valence electrons. The Labute approximate surface area is 114 Å². The average Bonchev–Trinajstić information content (AvgIpc) is 2.36. The van der Waals surface area contributed by atoms with E-state index in [9.17, 15) is 10.1 Å².